The number of ether oxygens (including phenoxy) is 1. The second-order valence-electron chi connectivity index (χ2n) is 4.29. The molecule has 0 spiro atoms. The van der Waals surface area contributed by atoms with Crippen molar-refractivity contribution in [2.24, 2.45) is 11.7 Å². The van der Waals surface area contributed by atoms with Crippen molar-refractivity contribution in [2.45, 2.75) is 33.1 Å². The molecule has 1 aromatic rings. The molecule has 0 saturated carbocycles. The van der Waals surface area contributed by atoms with Gasteiger partial charge < -0.3 is 15.8 Å². The predicted octanol–water partition coefficient (Wildman–Crippen LogP) is 2.05. The van der Waals surface area contributed by atoms with Crippen molar-refractivity contribution < 1.29 is 4.74 Å². The number of nitrogens with two attached hydrogens (primary N) is 1. The summed E-state index contributed by atoms with van der Waals surface area (Å²) in [7, 11) is 0. The zero-order valence-corrected chi connectivity index (χ0v) is 11.4. The summed E-state index contributed by atoms with van der Waals surface area (Å²) in [6.45, 7) is 6.34. The highest BCUT2D eigenvalue weighted by Crippen LogP contribution is 2.13. The molecule has 1 atom stereocenters. The number of hydrogen-bond acceptors (Lipinski definition) is 5. The lowest BCUT2D eigenvalue weighted by Gasteiger charge is -2.16. The van der Waals surface area contributed by atoms with Gasteiger partial charge in [0, 0.05) is 6.54 Å². The van der Waals surface area contributed by atoms with Gasteiger partial charge in [-0.25, -0.2) is 0 Å². The smallest absolute Gasteiger partial charge is 0.234 e. The van der Waals surface area contributed by atoms with Gasteiger partial charge in [0.25, 0.3) is 0 Å². The van der Waals surface area contributed by atoms with E-state index < -0.39 is 0 Å². The fourth-order valence-electron chi connectivity index (χ4n) is 1.89. The first-order valence-electron chi connectivity index (χ1n) is 6.68. The van der Waals surface area contributed by atoms with E-state index in [0.29, 0.717) is 18.4 Å². The van der Waals surface area contributed by atoms with Crippen LogP contribution in [-0.2, 0) is 0 Å². The number of nitrogens with one attached hydrogen (secondary N) is 1. The van der Waals surface area contributed by atoms with E-state index in [1.54, 1.807) is 12.4 Å². The van der Waals surface area contributed by atoms with Crippen LogP contribution in [0.2, 0.25) is 0 Å². The van der Waals surface area contributed by atoms with E-state index in [9.17, 15) is 0 Å². The minimum atomic E-state index is 0.563. The molecule has 0 radical (unpaired) electrons. The molecule has 0 aliphatic rings. The zero-order valence-electron chi connectivity index (χ0n) is 11.4. The Bertz CT molecular complexity index is 327. The SMILES string of the molecule is CCCC(CCN)CNc1cncc(OCC)n1. The molecule has 5 nitrogen and oxygen atoms in total. The first-order chi connectivity index (χ1) is 8.80. The van der Waals surface area contributed by atoms with Crippen molar-refractivity contribution in [3.63, 3.8) is 0 Å². The molecule has 1 unspecified atom stereocenters. The summed E-state index contributed by atoms with van der Waals surface area (Å²) in [5.41, 5.74) is 5.62. The Balaban J connectivity index is 2.47. The van der Waals surface area contributed by atoms with Crippen LogP contribution in [-0.4, -0.2) is 29.7 Å². The first kappa shape index (κ1) is 14.7. The highest BCUT2D eigenvalue weighted by molar-refractivity contribution is 5.33. The van der Waals surface area contributed by atoms with E-state index in [1.807, 2.05) is 6.92 Å². The van der Waals surface area contributed by atoms with Gasteiger partial charge in [-0.3, -0.25) is 4.98 Å². The second-order valence-corrected chi connectivity index (χ2v) is 4.29. The summed E-state index contributed by atoms with van der Waals surface area (Å²) in [5, 5.41) is 3.30. The van der Waals surface area contributed by atoms with Gasteiger partial charge in [-0.2, -0.15) is 4.98 Å². The molecule has 0 saturated heterocycles. The summed E-state index contributed by atoms with van der Waals surface area (Å²) in [6, 6.07) is 0. The lowest BCUT2D eigenvalue weighted by Crippen LogP contribution is -2.18. The van der Waals surface area contributed by atoms with Crippen LogP contribution in [0.5, 0.6) is 5.88 Å². The molecule has 0 fully saturated rings. The van der Waals surface area contributed by atoms with Gasteiger partial charge in [-0.05, 0) is 32.2 Å². The molecule has 5 heteroatoms. The molecule has 18 heavy (non-hydrogen) atoms. The van der Waals surface area contributed by atoms with Crippen molar-refractivity contribution >= 4 is 5.82 Å². The summed E-state index contributed by atoms with van der Waals surface area (Å²) in [5.74, 6) is 1.92. The largest absolute Gasteiger partial charge is 0.477 e. The summed E-state index contributed by atoms with van der Waals surface area (Å²) < 4.78 is 5.31. The van der Waals surface area contributed by atoms with E-state index in [2.05, 4.69) is 22.2 Å². The van der Waals surface area contributed by atoms with Crippen molar-refractivity contribution in [1.82, 2.24) is 9.97 Å². The molecular formula is C13H24N4O. The van der Waals surface area contributed by atoms with E-state index >= 15 is 0 Å². The van der Waals surface area contributed by atoms with Crippen molar-refractivity contribution in [1.29, 1.82) is 0 Å². The summed E-state index contributed by atoms with van der Waals surface area (Å²) in [6.07, 6.45) is 6.74. The van der Waals surface area contributed by atoms with Crippen LogP contribution in [0.1, 0.15) is 33.1 Å². The van der Waals surface area contributed by atoms with Gasteiger partial charge in [0.05, 0.1) is 19.0 Å². The maximum Gasteiger partial charge on any atom is 0.234 e. The standard InChI is InChI=1S/C13H24N4O/c1-3-5-11(6-7-14)8-16-12-9-15-10-13(17-12)18-4-2/h9-11H,3-8,14H2,1-2H3,(H,16,17). The molecular weight excluding hydrogens is 228 g/mol. The first-order valence-corrected chi connectivity index (χ1v) is 6.68. The van der Waals surface area contributed by atoms with Gasteiger partial charge in [0.2, 0.25) is 5.88 Å². The van der Waals surface area contributed by atoms with Gasteiger partial charge in [-0.15, -0.1) is 0 Å². The molecule has 0 aliphatic carbocycles. The van der Waals surface area contributed by atoms with Crippen LogP contribution in [0.3, 0.4) is 0 Å². The van der Waals surface area contributed by atoms with Crippen LogP contribution in [0.25, 0.3) is 0 Å². The third-order valence-corrected chi connectivity index (χ3v) is 2.75. The Kier molecular flexibility index (Phi) is 7.10. The van der Waals surface area contributed by atoms with Gasteiger partial charge in [-0.1, -0.05) is 13.3 Å². The summed E-state index contributed by atoms with van der Waals surface area (Å²) >= 11 is 0. The van der Waals surface area contributed by atoms with Gasteiger partial charge in [0.1, 0.15) is 5.82 Å². The summed E-state index contributed by atoms with van der Waals surface area (Å²) in [4.78, 5) is 8.43. The lowest BCUT2D eigenvalue weighted by atomic mass is 10.00. The quantitative estimate of drug-likeness (QED) is 0.703. The molecule has 102 valence electrons. The van der Waals surface area contributed by atoms with Gasteiger partial charge in [0.15, 0.2) is 0 Å². The normalized spacial score (nSPS) is 12.2. The Morgan fingerprint density at radius 1 is 1.33 bits per heavy atom. The molecule has 0 amide bonds. The van der Waals surface area contributed by atoms with E-state index in [1.165, 1.54) is 12.8 Å². The van der Waals surface area contributed by atoms with Crippen molar-refractivity contribution in [3.05, 3.63) is 12.4 Å². The van der Waals surface area contributed by atoms with E-state index in [-0.39, 0.29) is 0 Å². The van der Waals surface area contributed by atoms with E-state index in [0.717, 1.165) is 25.3 Å². The number of rotatable bonds is 9. The third kappa shape index (κ3) is 5.31. The monoisotopic (exact) mass is 252 g/mol. The van der Waals surface area contributed by atoms with E-state index in [4.69, 9.17) is 10.5 Å². The topological polar surface area (TPSA) is 73.1 Å². The second kappa shape index (κ2) is 8.69. The Labute approximate surface area is 109 Å². The zero-order chi connectivity index (χ0) is 13.2. The maximum absolute atomic E-state index is 5.62. The Morgan fingerprint density at radius 3 is 2.83 bits per heavy atom. The highest BCUT2D eigenvalue weighted by atomic mass is 16.5. The van der Waals surface area contributed by atoms with Crippen molar-refractivity contribution in [3.8, 4) is 5.88 Å². The Morgan fingerprint density at radius 2 is 2.17 bits per heavy atom. The minimum absolute atomic E-state index is 0.563. The predicted molar refractivity (Wildman–Crippen MR) is 73.8 cm³/mol. The number of hydrogen-bond donors (Lipinski definition) is 2. The van der Waals surface area contributed by atoms with Crippen LogP contribution in [0.4, 0.5) is 5.82 Å². The molecule has 0 aromatic carbocycles. The number of aromatic nitrogens is 2. The van der Waals surface area contributed by atoms with Crippen LogP contribution in [0, 0.1) is 5.92 Å². The maximum atomic E-state index is 5.62. The van der Waals surface area contributed by atoms with Crippen LogP contribution in [0.15, 0.2) is 12.4 Å². The number of anilines is 1. The fourth-order valence-corrected chi connectivity index (χ4v) is 1.89. The molecule has 0 bridgehead atoms. The molecule has 1 heterocycles. The highest BCUT2D eigenvalue weighted by Gasteiger charge is 2.07. The van der Waals surface area contributed by atoms with Gasteiger partial charge >= 0.3 is 0 Å². The van der Waals surface area contributed by atoms with Crippen LogP contribution < -0.4 is 15.8 Å². The fraction of sp³-hybridized carbons (Fsp3) is 0.692. The Hall–Kier alpha value is -1.36. The average molecular weight is 252 g/mol. The molecule has 3 N–H and O–H groups in total. The average Bonchev–Trinajstić information content (AvgIpc) is 2.37. The molecule has 0 aliphatic heterocycles. The van der Waals surface area contributed by atoms with Crippen molar-refractivity contribution in [2.75, 3.05) is 25.0 Å². The van der Waals surface area contributed by atoms with Crippen LogP contribution >= 0.6 is 0 Å². The number of nitrogens with zero attached hydrogens (tertiary/aromatic N) is 2. The third-order valence-electron chi connectivity index (χ3n) is 2.75. The minimum Gasteiger partial charge on any atom is -0.477 e. The molecule has 1 rings (SSSR count). The lowest BCUT2D eigenvalue weighted by molar-refractivity contribution is 0.325. The molecule has 1 aromatic heterocycles.